The van der Waals surface area contributed by atoms with Crippen LogP contribution in [0.4, 0.5) is 0 Å². The number of fused-ring (bicyclic) bond motifs is 6. The van der Waals surface area contributed by atoms with E-state index in [2.05, 4.69) is 133 Å². The molecule has 0 unspecified atom stereocenters. The predicted octanol–water partition coefficient (Wildman–Crippen LogP) is 12.9. The largest absolute Gasteiger partial charge is 0.456 e. The highest BCUT2D eigenvalue weighted by molar-refractivity contribution is 6.20. The monoisotopic (exact) mass is 675 g/mol. The van der Waals surface area contributed by atoms with E-state index in [1.807, 2.05) is 42.5 Å². The average Bonchev–Trinajstić information content (AvgIpc) is 3.78. The zero-order chi connectivity index (χ0) is 34.9. The lowest BCUT2D eigenvalue weighted by Gasteiger charge is -2.16. The van der Waals surface area contributed by atoms with Gasteiger partial charge in [0.2, 0.25) is 0 Å². The Labute approximate surface area is 305 Å². The predicted molar refractivity (Wildman–Crippen MR) is 216 cm³/mol. The summed E-state index contributed by atoms with van der Waals surface area (Å²) in [6.45, 7) is 0. The van der Waals surface area contributed by atoms with Crippen LogP contribution in [0.3, 0.4) is 0 Å². The lowest BCUT2D eigenvalue weighted by atomic mass is 9.89. The third-order valence-corrected chi connectivity index (χ3v) is 10.5. The molecule has 0 atom stereocenters. The van der Waals surface area contributed by atoms with Gasteiger partial charge in [-0.3, -0.25) is 0 Å². The van der Waals surface area contributed by atoms with E-state index in [4.69, 9.17) is 19.4 Å². The minimum atomic E-state index is 0.596. The normalized spacial score (nSPS) is 11.8. The number of rotatable bonds is 5. The lowest BCUT2D eigenvalue weighted by molar-refractivity contribution is 0.669. The van der Waals surface area contributed by atoms with Crippen molar-refractivity contribution in [2.45, 2.75) is 0 Å². The van der Waals surface area contributed by atoms with Gasteiger partial charge in [0.05, 0.1) is 0 Å². The van der Waals surface area contributed by atoms with Crippen molar-refractivity contribution in [2.75, 3.05) is 0 Å². The molecule has 0 radical (unpaired) electrons. The van der Waals surface area contributed by atoms with Crippen molar-refractivity contribution in [3.63, 3.8) is 0 Å². The summed E-state index contributed by atoms with van der Waals surface area (Å²) in [6.07, 6.45) is 0. The van der Waals surface area contributed by atoms with Crippen LogP contribution >= 0.6 is 0 Å². The van der Waals surface area contributed by atoms with Crippen molar-refractivity contribution >= 4 is 32.7 Å². The van der Waals surface area contributed by atoms with Crippen molar-refractivity contribution in [1.29, 1.82) is 0 Å². The summed E-state index contributed by atoms with van der Waals surface area (Å²) < 4.78 is 6.29. The second kappa shape index (κ2) is 11.7. The molecule has 8 aromatic carbocycles. The third kappa shape index (κ3) is 4.73. The summed E-state index contributed by atoms with van der Waals surface area (Å²) in [5.41, 5.74) is 13.9. The maximum absolute atomic E-state index is 6.29. The lowest BCUT2D eigenvalue weighted by Crippen LogP contribution is -2.01. The van der Waals surface area contributed by atoms with E-state index in [-0.39, 0.29) is 0 Å². The minimum Gasteiger partial charge on any atom is -0.456 e. The van der Waals surface area contributed by atoms with E-state index in [0.29, 0.717) is 17.5 Å². The second-order valence-electron chi connectivity index (χ2n) is 13.5. The highest BCUT2D eigenvalue weighted by Gasteiger charge is 2.29. The van der Waals surface area contributed by atoms with Crippen LogP contribution in [0.25, 0.3) is 111 Å². The summed E-state index contributed by atoms with van der Waals surface area (Å²) in [5, 5.41) is 4.63. The van der Waals surface area contributed by atoms with Crippen LogP contribution in [0.15, 0.2) is 180 Å². The van der Waals surface area contributed by atoms with Crippen molar-refractivity contribution in [2.24, 2.45) is 0 Å². The van der Waals surface area contributed by atoms with Crippen LogP contribution < -0.4 is 0 Å². The molecule has 11 rings (SSSR count). The topological polar surface area (TPSA) is 51.8 Å². The highest BCUT2D eigenvalue weighted by Crippen LogP contribution is 2.54. The summed E-state index contributed by atoms with van der Waals surface area (Å²) in [7, 11) is 0. The Morgan fingerprint density at radius 2 is 0.906 bits per heavy atom. The molecule has 246 valence electrons. The highest BCUT2D eigenvalue weighted by atomic mass is 16.3. The quantitative estimate of drug-likeness (QED) is 0.182. The Bertz CT molecular complexity index is 3050. The van der Waals surface area contributed by atoms with Crippen molar-refractivity contribution in [1.82, 2.24) is 15.0 Å². The molecule has 53 heavy (non-hydrogen) atoms. The standard InChI is InChI=1S/C49H29N3O/c1-3-12-30(13-4-1)33-18-9-19-34(28-33)36-26-27-41(46-40-22-11-17-31-16-10-21-39(44(31)40)45(36)46)49-51-47(32-14-5-2-6-15-32)50-48(52-49)35-24-25-38-37-20-7-8-23-42(37)53-43(38)29-35/h1-29H. The molecule has 0 bridgehead atoms. The number of benzene rings is 8. The van der Waals surface area contributed by atoms with Gasteiger partial charge in [-0.2, -0.15) is 0 Å². The first-order chi connectivity index (χ1) is 26.3. The van der Waals surface area contributed by atoms with Crippen molar-refractivity contribution < 1.29 is 4.42 Å². The van der Waals surface area contributed by atoms with E-state index < -0.39 is 0 Å². The Hall–Kier alpha value is -7.17. The van der Waals surface area contributed by atoms with Crippen molar-refractivity contribution in [3.05, 3.63) is 176 Å². The molecule has 0 amide bonds. The molecule has 4 nitrogen and oxygen atoms in total. The molecule has 0 saturated heterocycles. The summed E-state index contributed by atoms with van der Waals surface area (Å²) in [4.78, 5) is 15.5. The van der Waals surface area contributed by atoms with Crippen LogP contribution in [0, 0.1) is 0 Å². The molecule has 0 spiro atoms. The Balaban J connectivity index is 1.16. The molecule has 2 heterocycles. The first kappa shape index (κ1) is 29.5. The fraction of sp³-hybridized carbons (Fsp3) is 0. The number of hydrogen-bond donors (Lipinski definition) is 0. The number of nitrogens with zero attached hydrogens (tertiary/aromatic N) is 3. The van der Waals surface area contributed by atoms with Gasteiger partial charge in [-0.25, -0.2) is 15.0 Å². The molecule has 0 saturated carbocycles. The molecule has 0 aliphatic heterocycles. The van der Waals surface area contributed by atoms with Gasteiger partial charge in [0.15, 0.2) is 17.5 Å². The fourth-order valence-electron chi connectivity index (χ4n) is 8.05. The number of furan rings is 1. The van der Waals surface area contributed by atoms with Crippen LogP contribution in [0.5, 0.6) is 0 Å². The molecule has 0 N–H and O–H groups in total. The van der Waals surface area contributed by atoms with E-state index in [9.17, 15) is 0 Å². The number of aromatic nitrogens is 3. The summed E-state index contributed by atoms with van der Waals surface area (Å²) in [6, 6.07) is 61.6. The first-order valence-electron chi connectivity index (χ1n) is 17.9. The average molecular weight is 676 g/mol. The molecular formula is C49H29N3O. The smallest absolute Gasteiger partial charge is 0.164 e. The molecule has 1 aliphatic carbocycles. The van der Waals surface area contributed by atoms with Gasteiger partial charge in [-0.05, 0) is 80.0 Å². The van der Waals surface area contributed by atoms with E-state index in [1.54, 1.807) is 0 Å². The second-order valence-corrected chi connectivity index (χ2v) is 13.5. The third-order valence-electron chi connectivity index (χ3n) is 10.5. The van der Waals surface area contributed by atoms with Gasteiger partial charge in [-0.1, -0.05) is 146 Å². The SMILES string of the molecule is c1ccc(-c2cccc(-c3ccc(-c4nc(-c5ccccc5)nc(-c5ccc6c(c5)oc5ccccc56)n4)c4c3-c3cccc5cccc-4c35)c2)cc1. The Kier molecular flexibility index (Phi) is 6.52. The van der Waals surface area contributed by atoms with E-state index in [0.717, 1.165) is 44.2 Å². The zero-order valence-electron chi connectivity index (χ0n) is 28.5. The Morgan fingerprint density at radius 3 is 1.70 bits per heavy atom. The van der Waals surface area contributed by atoms with E-state index in [1.165, 1.54) is 49.7 Å². The number of hydrogen-bond acceptors (Lipinski definition) is 4. The van der Waals surface area contributed by atoms with Gasteiger partial charge in [0.25, 0.3) is 0 Å². The maximum Gasteiger partial charge on any atom is 0.164 e. The summed E-state index contributed by atoms with van der Waals surface area (Å²) in [5.74, 6) is 1.85. The molecule has 1 aliphatic rings. The molecule has 10 aromatic rings. The van der Waals surface area contributed by atoms with Crippen LogP contribution in [0.1, 0.15) is 0 Å². The molecule has 4 heteroatoms. The fourth-order valence-corrected chi connectivity index (χ4v) is 8.05. The van der Waals surface area contributed by atoms with Gasteiger partial charge in [0, 0.05) is 33.0 Å². The summed E-state index contributed by atoms with van der Waals surface area (Å²) >= 11 is 0. The molecular weight excluding hydrogens is 647 g/mol. The number of para-hydroxylation sites is 1. The van der Waals surface area contributed by atoms with Gasteiger partial charge in [-0.15, -0.1) is 0 Å². The van der Waals surface area contributed by atoms with Crippen LogP contribution in [-0.4, -0.2) is 15.0 Å². The maximum atomic E-state index is 6.29. The molecule has 0 fully saturated rings. The first-order valence-corrected chi connectivity index (χ1v) is 17.9. The molecule has 2 aromatic heterocycles. The zero-order valence-corrected chi connectivity index (χ0v) is 28.5. The van der Waals surface area contributed by atoms with Gasteiger partial charge < -0.3 is 4.42 Å². The minimum absolute atomic E-state index is 0.596. The van der Waals surface area contributed by atoms with Gasteiger partial charge >= 0.3 is 0 Å². The van der Waals surface area contributed by atoms with Gasteiger partial charge in [0.1, 0.15) is 11.2 Å². The van der Waals surface area contributed by atoms with Crippen molar-refractivity contribution in [3.8, 4) is 78.7 Å². The van der Waals surface area contributed by atoms with Crippen LogP contribution in [-0.2, 0) is 0 Å². The van der Waals surface area contributed by atoms with Crippen LogP contribution in [0.2, 0.25) is 0 Å². The van der Waals surface area contributed by atoms with E-state index >= 15 is 0 Å². The Morgan fingerprint density at radius 1 is 0.321 bits per heavy atom.